The second-order valence-corrected chi connectivity index (χ2v) is 15.6. The summed E-state index contributed by atoms with van der Waals surface area (Å²) < 4.78 is 162. The Hall–Kier alpha value is -7.54. The number of hydrogen-bond acceptors (Lipinski definition) is 12. The van der Waals surface area contributed by atoms with Gasteiger partial charge in [-0.3, -0.25) is 9.59 Å². The van der Waals surface area contributed by atoms with Crippen LogP contribution in [0.15, 0.2) is 58.3 Å². The number of aromatic nitrogens is 4. The highest BCUT2D eigenvalue weighted by Gasteiger charge is 2.37. The molecular formula is C44H42F12N10O4. The average molecular weight is 1000 g/mol. The van der Waals surface area contributed by atoms with Crippen LogP contribution in [0.25, 0.3) is 22.1 Å². The molecule has 0 spiro atoms. The summed E-state index contributed by atoms with van der Waals surface area (Å²) in [6, 6.07) is 8.08. The summed E-state index contributed by atoms with van der Waals surface area (Å²) in [5.74, 6) is 0.190. The van der Waals surface area contributed by atoms with Gasteiger partial charge in [-0.15, -0.1) is 0 Å². The summed E-state index contributed by atoms with van der Waals surface area (Å²) in [7, 11) is 2.83. The monoisotopic (exact) mass is 1000 g/mol. The highest BCUT2D eigenvalue weighted by Crippen LogP contribution is 2.42. The van der Waals surface area contributed by atoms with Crippen LogP contribution in [0.3, 0.4) is 0 Å². The minimum atomic E-state index is -4.53. The molecule has 70 heavy (non-hydrogen) atoms. The van der Waals surface area contributed by atoms with Crippen molar-refractivity contribution in [3.05, 3.63) is 104 Å². The van der Waals surface area contributed by atoms with Crippen molar-refractivity contribution in [2.24, 2.45) is 4.99 Å². The predicted octanol–water partition coefficient (Wildman–Crippen LogP) is 10.7. The molecule has 0 saturated carbocycles. The van der Waals surface area contributed by atoms with Crippen molar-refractivity contribution < 1.29 is 67.0 Å². The van der Waals surface area contributed by atoms with Crippen LogP contribution >= 0.6 is 0 Å². The van der Waals surface area contributed by atoms with Crippen LogP contribution in [-0.4, -0.2) is 58.0 Å². The van der Waals surface area contributed by atoms with E-state index < -0.39 is 58.6 Å². The number of benzene rings is 4. The quantitative estimate of drug-likeness (QED) is 0.0675. The molecule has 376 valence electrons. The van der Waals surface area contributed by atoms with Crippen molar-refractivity contribution in [1.29, 1.82) is 0 Å². The van der Waals surface area contributed by atoms with Gasteiger partial charge in [0.2, 0.25) is 17.7 Å². The summed E-state index contributed by atoms with van der Waals surface area (Å²) in [5.41, 5.74) is 9.45. The zero-order valence-corrected chi connectivity index (χ0v) is 37.9. The Balaban J connectivity index is 0.000000174. The van der Waals surface area contributed by atoms with Crippen LogP contribution in [0.5, 0.6) is 5.88 Å². The molecule has 2 unspecified atom stereocenters. The number of nitrogens with one attached hydrogen (secondary N) is 4. The Morgan fingerprint density at radius 1 is 0.543 bits per heavy atom. The van der Waals surface area contributed by atoms with Crippen molar-refractivity contribution in [2.45, 2.75) is 78.3 Å². The van der Waals surface area contributed by atoms with E-state index in [9.17, 15) is 62.3 Å². The molecule has 8 rings (SSSR count). The lowest BCUT2D eigenvalue weighted by molar-refractivity contribution is -0.138. The number of carbonyl (C=O) groups is 1. The zero-order chi connectivity index (χ0) is 52.6. The Morgan fingerprint density at radius 2 is 1.03 bits per heavy atom. The fraction of sp³-hybridized carbons (Fsp3) is 0.318. The molecule has 8 N–H and O–H groups in total. The SMILES string of the molecule is CC1Nc2cc(N)c(C(F)(F)F)cc2NC1=O.COC1=Nc2cc(C(F)(F)F)c(N)cc2NC1C.COc1nc2cc(C(F)(F)F)c(C)cc2nc1C.Cc1cc2nc(C)c(=O)[nH]c2cc1C(F)(F)F. The van der Waals surface area contributed by atoms with Gasteiger partial charge in [0, 0.05) is 11.4 Å². The van der Waals surface area contributed by atoms with Gasteiger partial charge in [0.05, 0.1) is 87.3 Å². The molecule has 0 fully saturated rings. The Kier molecular flexibility index (Phi) is 15.1. The molecule has 2 atom stereocenters. The van der Waals surface area contributed by atoms with Crippen molar-refractivity contribution in [3.8, 4) is 5.88 Å². The molecule has 2 aliphatic heterocycles. The number of alkyl halides is 12. The van der Waals surface area contributed by atoms with Gasteiger partial charge in [-0.2, -0.15) is 52.7 Å². The Bertz CT molecular complexity index is 3060. The zero-order valence-electron chi connectivity index (χ0n) is 37.9. The fourth-order valence-corrected chi connectivity index (χ4v) is 6.83. The smallest absolute Gasteiger partial charge is 0.418 e. The van der Waals surface area contributed by atoms with E-state index in [1.165, 1.54) is 59.3 Å². The second-order valence-electron chi connectivity index (χ2n) is 15.6. The van der Waals surface area contributed by atoms with Crippen LogP contribution in [0.1, 0.15) is 58.6 Å². The Morgan fingerprint density at radius 3 is 1.57 bits per heavy atom. The van der Waals surface area contributed by atoms with E-state index in [0.717, 1.165) is 24.3 Å². The summed E-state index contributed by atoms with van der Waals surface area (Å²) in [4.78, 5) is 41.2. The number of rotatable bonds is 1. The maximum absolute atomic E-state index is 12.8. The molecule has 0 aliphatic carbocycles. The minimum Gasteiger partial charge on any atom is -0.483 e. The number of anilines is 5. The van der Waals surface area contributed by atoms with Crippen molar-refractivity contribution in [2.75, 3.05) is 41.6 Å². The van der Waals surface area contributed by atoms with Crippen LogP contribution < -0.4 is 37.7 Å². The molecule has 0 saturated heterocycles. The van der Waals surface area contributed by atoms with Gasteiger partial charge in [0.1, 0.15) is 17.4 Å². The van der Waals surface area contributed by atoms with Crippen LogP contribution in [0.4, 0.5) is 86.8 Å². The number of nitrogen functional groups attached to an aromatic ring is 2. The highest BCUT2D eigenvalue weighted by molar-refractivity contribution is 6.03. The largest absolute Gasteiger partial charge is 0.483 e. The number of carbonyl (C=O) groups excluding carboxylic acids is 1. The normalized spacial score (nSPS) is 15.5. The average Bonchev–Trinajstić information content (AvgIpc) is 3.23. The van der Waals surface area contributed by atoms with E-state index in [-0.39, 0.29) is 68.4 Å². The first kappa shape index (κ1) is 53.4. The summed E-state index contributed by atoms with van der Waals surface area (Å²) in [6.45, 7) is 9.36. The molecule has 6 aromatic rings. The van der Waals surface area contributed by atoms with E-state index in [0.29, 0.717) is 34.0 Å². The number of methoxy groups -OCH3 is 2. The number of H-pyrrole nitrogens is 1. The second kappa shape index (κ2) is 19.8. The van der Waals surface area contributed by atoms with Gasteiger partial charge < -0.3 is 41.9 Å². The molecule has 0 bridgehead atoms. The van der Waals surface area contributed by atoms with E-state index in [1.54, 1.807) is 20.8 Å². The third kappa shape index (κ3) is 12.2. The van der Waals surface area contributed by atoms with Crippen LogP contribution in [0, 0.1) is 27.7 Å². The van der Waals surface area contributed by atoms with Crippen molar-refractivity contribution in [3.63, 3.8) is 0 Å². The van der Waals surface area contributed by atoms with E-state index in [1.807, 2.05) is 0 Å². The summed E-state index contributed by atoms with van der Waals surface area (Å²) >= 11 is 0. The van der Waals surface area contributed by atoms with Gasteiger partial charge in [-0.05, 0) is 101 Å². The van der Waals surface area contributed by atoms with Crippen LogP contribution in [0.2, 0.25) is 0 Å². The van der Waals surface area contributed by atoms with E-state index >= 15 is 0 Å². The third-order valence-corrected chi connectivity index (χ3v) is 10.3. The topological polar surface area (TPSA) is 208 Å². The number of amides is 1. The first-order valence-corrected chi connectivity index (χ1v) is 20.2. The highest BCUT2D eigenvalue weighted by atomic mass is 19.4. The number of halogens is 12. The number of aromatic amines is 1. The van der Waals surface area contributed by atoms with Crippen molar-refractivity contribution in [1.82, 2.24) is 19.9 Å². The van der Waals surface area contributed by atoms with Gasteiger partial charge in [-0.25, -0.2) is 19.9 Å². The molecule has 26 heteroatoms. The first-order chi connectivity index (χ1) is 32.2. The van der Waals surface area contributed by atoms with E-state index in [2.05, 4.69) is 40.9 Å². The lowest BCUT2D eigenvalue weighted by Gasteiger charge is -2.25. The standard InChI is InChI=1S/C12H11F3N2O.C11H12F3N3O.C11H9F3N2O.C10H10F3N3O/c1-6-4-9-10(5-8(6)12(13,14)15)17-11(18-3)7(2)16-9;1-5-10(18-2)17-8-3-6(11(12,13)14)7(15)4-9(8)16-5;1-5-3-8-9(4-7(5)11(12,13)14)16-10(17)6(2)15-8;1-4-9(17)16-7-2-5(10(11,12)13)6(14)3-8(7)15-4/h4-5H,1-3H3;3-5,16H,15H2,1-2H3;3-4H,1-2H3,(H,16,17);2-4,15H,14H2,1H3,(H,16,17). The number of ether oxygens (including phenoxy) is 2. The third-order valence-electron chi connectivity index (χ3n) is 10.3. The van der Waals surface area contributed by atoms with Gasteiger partial charge in [0.25, 0.3) is 5.56 Å². The van der Waals surface area contributed by atoms with E-state index in [4.69, 9.17) is 20.9 Å². The molecule has 4 heterocycles. The van der Waals surface area contributed by atoms with Gasteiger partial charge in [-0.1, -0.05) is 0 Å². The molecule has 4 aromatic carbocycles. The maximum atomic E-state index is 12.8. The molecule has 2 aromatic heterocycles. The molecule has 14 nitrogen and oxygen atoms in total. The minimum absolute atomic E-state index is 0.0870. The fourth-order valence-electron chi connectivity index (χ4n) is 6.83. The van der Waals surface area contributed by atoms with Crippen molar-refractivity contribution >= 4 is 68.0 Å². The summed E-state index contributed by atoms with van der Waals surface area (Å²) in [5, 5.41) is 8.14. The number of hydrogen-bond donors (Lipinski definition) is 6. The number of nitrogens with two attached hydrogens (primary N) is 2. The number of aryl methyl sites for hydroxylation is 4. The molecule has 0 radical (unpaired) electrons. The lowest BCUT2D eigenvalue weighted by atomic mass is 10.1. The number of fused-ring (bicyclic) bond motifs is 4. The lowest BCUT2D eigenvalue weighted by Crippen LogP contribution is -2.36. The van der Waals surface area contributed by atoms with Crippen LogP contribution in [-0.2, 0) is 34.2 Å². The predicted molar refractivity (Wildman–Crippen MR) is 238 cm³/mol. The summed E-state index contributed by atoms with van der Waals surface area (Å²) in [6.07, 6.45) is -17.9. The Labute approximate surface area is 388 Å². The number of nitrogens with zero attached hydrogens (tertiary/aromatic N) is 4. The van der Waals surface area contributed by atoms with Gasteiger partial charge >= 0.3 is 24.7 Å². The first-order valence-electron chi connectivity index (χ1n) is 20.2. The molecule has 2 aliphatic rings. The van der Waals surface area contributed by atoms with Gasteiger partial charge in [0.15, 0.2) is 0 Å². The molecular weight excluding hydrogens is 961 g/mol. The maximum Gasteiger partial charge on any atom is 0.418 e. The molecule has 1 amide bonds. The number of aliphatic imine (C=N–C) groups is 1.